The number of aliphatic hydroxyl groups excluding tert-OH is 1. The van der Waals surface area contributed by atoms with Gasteiger partial charge in [0.2, 0.25) is 0 Å². The van der Waals surface area contributed by atoms with Crippen molar-refractivity contribution in [3.8, 4) is 0 Å². The molecule has 0 aromatic heterocycles. The first-order valence-corrected chi connectivity index (χ1v) is 10.3. The maximum Gasteiger partial charge on any atom is 0.146 e. The summed E-state index contributed by atoms with van der Waals surface area (Å²) < 4.78 is 20.0. The van der Waals surface area contributed by atoms with Gasteiger partial charge in [-0.05, 0) is 42.7 Å². The summed E-state index contributed by atoms with van der Waals surface area (Å²) in [5.74, 6) is 0.520. The van der Waals surface area contributed by atoms with E-state index in [1.165, 1.54) is 12.5 Å². The van der Waals surface area contributed by atoms with Gasteiger partial charge in [-0.15, -0.1) is 0 Å². The van der Waals surface area contributed by atoms with Crippen LogP contribution < -0.4 is 4.90 Å². The fourth-order valence-corrected chi connectivity index (χ4v) is 4.86. The van der Waals surface area contributed by atoms with Crippen LogP contribution in [0, 0.1) is 17.2 Å². The van der Waals surface area contributed by atoms with Gasteiger partial charge in [-0.3, -0.25) is 4.90 Å². The van der Waals surface area contributed by atoms with Crippen LogP contribution >= 0.6 is 0 Å². The van der Waals surface area contributed by atoms with Crippen LogP contribution in [0.25, 0.3) is 0 Å². The second-order valence-corrected chi connectivity index (χ2v) is 9.26. The fraction of sp³-hybridized carbons (Fsp3) is 0.727. The Labute approximate surface area is 163 Å². The van der Waals surface area contributed by atoms with Gasteiger partial charge in [0, 0.05) is 32.7 Å². The molecule has 1 aromatic carbocycles. The van der Waals surface area contributed by atoms with E-state index in [4.69, 9.17) is 4.74 Å². The van der Waals surface area contributed by atoms with Crippen LogP contribution in [0.3, 0.4) is 0 Å². The maximum atomic E-state index is 13.9. The average molecular weight is 379 g/mol. The third kappa shape index (κ3) is 5.90. The Morgan fingerprint density at radius 1 is 1.19 bits per heavy atom. The topological polar surface area (TPSA) is 35.9 Å². The summed E-state index contributed by atoms with van der Waals surface area (Å²) in [7, 11) is 0. The van der Waals surface area contributed by atoms with E-state index in [1.807, 2.05) is 12.1 Å². The van der Waals surface area contributed by atoms with Crippen molar-refractivity contribution in [1.82, 2.24) is 4.90 Å². The van der Waals surface area contributed by atoms with Crippen LogP contribution in [0.15, 0.2) is 24.3 Å². The Morgan fingerprint density at radius 2 is 1.89 bits per heavy atom. The number of rotatable bonds is 6. The number of β-amino-alcohol motifs (C(OH)–C–C–N with tert-alkyl or cyclic N) is 1. The number of anilines is 1. The first kappa shape index (κ1) is 20.6. The Balaban J connectivity index is 1.39. The molecular formula is C22H35FN2O2. The van der Waals surface area contributed by atoms with Crippen molar-refractivity contribution in [3.05, 3.63) is 30.1 Å². The van der Waals surface area contributed by atoms with Gasteiger partial charge < -0.3 is 14.7 Å². The fourth-order valence-electron chi connectivity index (χ4n) is 4.86. The zero-order valence-corrected chi connectivity index (χ0v) is 17.0. The number of hydrogen-bond acceptors (Lipinski definition) is 4. The number of hydrogen-bond donors (Lipinski definition) is 1. The van der Waals surface area contributed by atoms with E-state index in [0.717, 1.165) is 39.0 Å². The third-order valence-electron chi connectivity index (χ3n) is 5.91. The van der Waals surface area contributed by atoms with Crippen LogP contribution in [0.4, 0.5) is 10.1 Å². The van der Waals surface area contributed by atoms with Crippen LogP contribution in [0.2, 0.25) is 0 Å². The zero-order valence-electron chi connectivity index (χ0n) is 17.0. The molecular weight excluding hydrogens is 343 g/mol. The molecule has 5 heteroatoms. The summed E-state index contributed by atoms with van der Waals surface area (Å²) in [6.45, 7) is 11.2. The Bertz CT molecular complexity index is 602. The lowest BCUT2D eigenvalue weighted by Gasteiger charge is -2.39. The molecule has 2 fully saturated rings. The molecule has 1 aromatic rings. The Kier molecular flexibility index (Phi) is 6.77. The quantitative estimate of drug-likeness (QED) is 0.821. The van der Waals surface area contributed by atoms with Crippen LogP contribution in [-0.4, -0.2) is 61.5 Å². The largest absolute Gasteiger partial charge is 0.389 e. The summed E-state index contributed by atoms with van der Waals surface area (Å²) in [5, 5.41) is 10.4. The number of halogens is 1. The molecule has 1 aliphatic carbocycles. The molecule has 27 heavy (non-hydrogen) atoms. The molecule has 3 unspecified atom stereocenters. The van der Waals surface area contributed by atoms with Gasteiger partial charge in [0.1, 0.15) is 5.82 Å². The van der Waals surface area contributed by atoms with Gasteiger partial charge in [-0.1, -0.05) is 32.9 Å². The van der Waals surface area contributed by atoms with E-state index in [-0.39, 0.29) is 11.9 Å². The molecule has 3 atom stereocenters. The predicted octanol–water partition coefficient (Wildman–Crippen LogP) is 3.54. The van der Waals surface area contributed by atoms with Crippen LogP contribution in [0.1, 0.15) is 40.0 Å². The molecule has 0 spiro atoms. The zero-order chi connectivity index (χ0) is 19.4. The van der Waals surface area contributed by atoms with Crippen molar-refractivity contribution in [1.29, 1.82) is 0 Å². The van der Waals surface area contributed by atoms with E-state index in [0.29, 0.717) is 30.2 Å². The predicted molar refractivity (Wildman–Crippen MR) is 108 cm³/mol. The minimum Gasteiger partial charge on any atom is -0.389 e. The number of nitrogens with zero attached hydrogens (tertiary/aromatic N) is 2. The highest BCUT2D eigenvalue weighted by Crippen LogP contribution is 2.39. The third-order valence-corrected chi connectivity index (χ3v) is 5.91. The van der Waals surface area contributed by atoms with Crippen LogP contribution in [0.5, 0.6) is 0 Å². The molecule has 0 bridgehead atoms. The summed E-state index contributed by atoms with van der Waals surface area (Å²) >= 11 is 0. The Hall–Kier alpha value is -1.17. The van der Waals surface area contributed by atoms with Gasteiger partial charge in [0.25, 0.3) is 0 Å². The lowest BCUT2D eigenvalue weighted by atomic mass is 9.71. The number of ether oxygens (including phenoxy) is 1. The minimum atomic E-state index is -0.467. The molecule has 3 rings (SSSR count). The second-order valence-electron chi connectivity index (χ2n) is 9.26. The van der Waals surface area contributed by atoms with Gasteiger partial charge in [0.05, 0.1) is 24.5 Å². The molecule has 4 nitrogen and oxygen atoms in total. The van der Waals surface area contributed by atoms with E-state index in [2.05, 4.69) is 30.6 Å². The molecule has 0 radical (unpaired) electrons. The SMILES string of the molecule is CC1CC(OCC(O)CN2CCN(c3ccccc3F)CC2)CC(C)(C)C1. The summed E-state index contributed by atoms with van der Waals surface area (Å²) in [4.78, 5) is 4.33. The van der Waals surface area contributed by atoms with Gasteiger partial charge in [0.15, 0.2) is 0 Å². The van der Waals surface area contributed by atoms with Crippen molar-refractivity contribution in [2.24, 2.45) is 11.3 Å². The first-order chi connectivity index (χ1) is 12.8. The van der Waals surface area contributed by atoms with Crippen molar-refractivity contribution in [3.63, 3.8) is 0 Å². The highest BCUT2D eigenvalue weighted by atomic mass is 19.1. The molecule has 1 N–H and O–H groups in total. The highest BCUT2D eigenvalue weighted by molar-refractivity contribution is 5.47. The van der Waals surface area contributed by atoms with Gasteiger partial charge in [-0.2, -0.15) is 0 Å². The Morgan fingerprint density at radius 3 is 2.56 bits per heavy atom. The number of benzene rings is 1. The standard InChI is InChI=1S/C22H35FN2O2/c1-17-12-19(14-22(2,3)13-17)27-16-18(26)15-24-8-10-25(11-9-24)21-7-5-4-6-20(21)23/h4-7,17-19,26H,8-16H2,1-3H3. The van der Waals surface area contributed by atoms with Crippen molar-refractivity contribution < 1.29 is 14.2 Å². The molecule has 0 amide bonds. The molecule has 1 heterocycles. The second kappa shape index (κ2) is 8.89. The van der Waals surface area contributed by atoms with E-state index in [1.54, 1.807) is 6.07 Å². The lowest BCUT2D eigenvalue weighted by molar-refractivity contribution is -0.0615. The van der Waals surface area contributed by atoms with Crippen molar-refractivity contribution >= 4 is 5.69 Å². The number of aliphatic hydroxyl groups is 1. The van der Waals surface area contributed by atoms with Crippen molar-refractivity contribution in [2.45, 2.75) is 52.2 Å². The normalized spacial score (nSPS) is 27.5. The van der Waals surface area contributed by atoms with E-state index >= 15 is 0 Å². The van der Waals surface area contributed by atoms with E-state index < -0.39 is 6.10 Å². The minimum absolute atomic E-state index is 0.163. The molecule has 1 aliphatic heterocycles. The molecule has 2 aliphatic rings. The summed E-state index contributed by atoms with van der Waals surface area (Å²) in [6, 6.07) is 6.94. The first-order valence-electron chi connectivity index (χ1n) is 10.3. The smallest absolute Gasteiger partial charge is 0.146 e. The summed E-state index contributed by atoms with van der Waals surface area (Å²) in [5.41, 5.74) is 1.01. The van der Waals surface area contributed by atoms with Gasteiger partial charge in [-0.25, -0.2) is 4.39 Å². The lowest BCUT2D eigenvalue weighted by Crippen LogP contribution is -2.49. The average Bonchev–Trinajstić information content (AvgIpc) is 2.60. The molecule has 152 valence electrons. The maximum absolute atomic E-state index is 13.9. The molecule has 1 saturated heterocycles. The van der Waals surface area contributed by atoms with E-state index in [9.17, 15) is 9.50 Å². The van der Waals surface area contributed by atoms with Gasteiger partial charge >= 0.3 is 0 Å². The van der Waals surface area contributed by atoms with Crippen molar-refractivity contribution in [2.75, 3.05) is 44.2 Å². The number of para-hydroxylation sites is 1. The number of piperazine rings is 1. The highest BCUT2D eigenvalue weighted by Gasteiger charge is 2.33. The monoisotopic (exact) mass is 378 g/mol. The van der Waals surface area contributed by atoms with Crippen LogP contribution in [-0.2, 0) is 4.74 Å². The molecule has 1 saturated carbocycles. The summed E-state index contributed by atoms with van der Waals surface area (Å²) in [6.07, 6.45) is 3.21.